The normalized spacial score (nSPS) is 11.2. The van der Waals surface area contributed by atoms with Crippen molar-refractivity contribution in [1.29, 1.82) is 0 Å². The van der Waals surface area contributed by atoms with Gasteiger partial charge in [-0.05, 0) is 42.8 Å². The molecule has 2 aromatic carbocycles. The summed E-state index contributed by atoms with van der Waals surface area (Å²) in [6.45, 7) is 2.07. The lowest BCUT2D eigenvalue weighted by molar-refractivity contribution is 0.959. The van der Waals surface area contributed by atoms with Crippen LogP contribution >= 0.6 is 27.5 Å². The average Bonchev–Trinajstić information content (AvgIpc) is 2.69. The van der Waals surface area contributed by atoms with Gasteiger partial charge in [0.1, 0.15) is 5.82 Å². The van der Waals surface area contributed by atoms with Crippen LogP contribution in [0.1, 0.15) is 5.56 Å². The Hall–Kier alpha value is -1.32. The summed E-state index contributed by atoms with van der Waals surface area (Å²) in [7, 11) is 2.01. The molecule has 1 heterocycles. The number of fused-ring (bicyclic) bond motifs is 1. The van der Waals surface area contributed by atoms with E-state index in [0.717, 1.165) is 26.9 Å². The number of nitrogens with zero attached hydrogens (tertiary/aromatic N) is 2. The topological polar surface area (TPSA) is 17.8 Å². The molecule has 0 aliphatic carbocycles. The Balaban J connectivity index is 2.30. The monoisotopic (exact) mass is 334 g/mol. The Morgan fingerprint density at radius 3 is 2.74 bits per heavy atom. The second-order valence-electron chi connectivity index (χ2n) is 4.61. The fraction of sp³-hybridized carbons (Fsp3) is 0.133. The standard InChI is InChI=1S/C15H12BrClN2/c1-9-3-6-14-13(7-9)18-15(19(14)2)11-8-10(16)4-5-12(11)17/h3-8H,1-2H3. The summed E-state index contributed by atoms with van der Waals surface area (Å²) in [5.74, 6) is 0.881. The van der Waals surface area contributed by atoms with Crippen molar-refractivity contribution in [3.63, 3.8) is 0 Å². The van der Waals surface area contributed by atoms with Crippen LogP contribution in [0.25, 0.3) is 22.4 Å². The van der Waals surface area contributed by atoms with E-state index in [2.05, 4.69) is 45.6 Å². The molecule has 3 rings (SSSR count). The minimum Gasteiger partial charge on any atom is -0.327 e. The van der Waals surface area contributed by atoms with Crippen molar-refractivity contribution in [3.05, 3.63) is 51.5 Å². The summed E-state index contributed by atoms with van der Waals surface area (Å²) in [5.41, 5.74) is 4.25. The molecule has 0 fully saturated rings. The summed E-state index contributed by atoms with van der Waals surface area (Å²) in [4.78, 5) is 4.70. The molecule has 0 unspecified atom stereocenters. The van der Waals surface area contributed by atoms with E-state index in [1.165, 1.54) is 5.56 Å². The second kappa shape index (κ2) is 4.66. The van der Waals surface area contributed by atoms with Crippen molar-refractivity contribution in [1.82, 2.24) is 9.55 Å². The Labute approximate surface area is 125 Å². The van der Waals surface area contributed by atoms with Crippen molar-refractivity contribution < 1.29 is 0 Å². The maximum absolute atomic E-state index is 6.29. The summed E-state index contributed by atoms with van der Waals surface area (Å²) in [6, 6.07) is 12.1. The Bertz CT molecular complexity index is 777. The molecular weight excluding hydrogens is 324 g/mol. The summed E-state index contributed by atoms with van der Waals surface area (Å²) >= 11 is 9.77. The van der Waals surface area contributed by atoms with Crippen LogP contribution in [0.3, 0.4) is 0 Å². The van der Waals surface area contributed by atoms with Gasteiger partial charge in [-0.25, -0.2) is 4.98 Å². The highest BCUT2D eigenvalue weighted by Gasteiger charge is 2.13. The third kappa shape index (κ3) is 2.17. The molecule has 96 valence electrons. The van der Waals surface area contributed by atoms with Crippen LogP contribution in [0.5, 0.6) is 0 Å². The molecule has 2 nitrogen and oxygen atoms in total. The number of rotatable bonds is 1. The first-order valence-electron chi connectivity index (χ1n) is 5.95. The largest absolute Gasteiger partial charge is 0.327 e. The molecule has 1 aromatic heterocycles. The molecule has 0 saturated carbocycles. The third-order valence-corrected chi connectivity index (χ3v) is 4.03. The lowest BCUT2D eigenvalue weighted by atomic mass is 10.2. The van der Waals surface area contributed by atoms with Gasteiger partial charge in [0.05, 0.1) is 16.1 Å². The summed E-state index contributed by atoms with van der Waals surface area (Å²) in [5, 5.41) is 0.707. The van der Waals surface area contributed by atoms with Gasteiger partial charge < -0.3 is 4.57 Å². The molecule has 19 heavy (non-hydrogen) atoms. The Morgan fingerprint density at radius 1 is 1.16 bits per heavy atom. The van der Waals surface area contributed by atoms with E-state index < -0.39 is 0 Å². The van der Waals surface area contributed by atoms with Gasteiger partial charge in [-0.1, -0.05) is 33.6 Å². The maximum Gasteiger partial charge on any atom is 0.142 e. The van der Waals surface area contributed by atoms with Crippen LogP contribution < -0.4 is 0 Å². The summed E-state index contributed by atoms with van der Waals surface area (Å²) in [6.07, 6.45) is 0. The molecule has 0 saturated heterocycles. The summed E-state index contributed by atoms with van der Waals surface area (Å²) < 4.78 is 3.07. The number of aryl methyl sites for hydroxylation is 2. The highest BCUT2D eigenvalue weighted by atomic mass is 79.9. The Morgan fingerprint density at radius 2 is 1.95 bits per heavy atom. The van der Waals surface area contributed by atoms with E-state index in [1.54, 1.807) is 0 Å². The lowest BCUT2D eigenvalue weighted by Crippen LogP contribution is -1.93. The minimum absolute atomic E-state index is 0.707. The molecule has 4 heteroatoms. The molecule has 0 spiro atoms. The molecule has 0 N–H and O–H groups in total. The van der Waals surface area contributed by atoms with Crippen LogP contribution in [0.2, 0.25) is 5.02 Å². The highest BCUT2D eigenvalue weighted by molar-refractivity contribution is 9.10. The lowest BCUT2D eigenvalue weighted by Gasteiger charge is -2.05. The highest BCUT2D eigenvalue weighted by Crippen LogP contribution is 2.32. The van der Waals surface area contributed by atoms with Gasteiger partial charge in [0.15, 0.2) is 0 Å². The molecule has 0 bridgehead atoms. The third-order valence-electron chi connectivity index (χ3n) is 3.21. The van der Waals surface area contributed by atoms with Crippen LogP contribution in [0.4, 0.5) is 0 Å². The van der Waals surface area contributed by atoms with Crippen molar-refractivity contribution in [3.8, 4) is 11.4 Å². The van der Waals surface area contributed by atoms with E-state index >= 15 is 0 Å². The van der Waals surface area contributed by atoms with Crippen molar-refractivity contribution in [2.45, 2.75) is 6.92 Å². The van der Waals surface area contributed by atoms with E-state index in [0.29, 0.717) is 5.02 Å². The van der Waals surface area contributed by atoms with Crippen molar-refractivity contribution >= 4 is 38.6 Å². The smallest absolute Gasteiger partial charge is 0.142 e. The quantitative estimate of drug-likeness (QED) is 0.614. The SMILES string of the molecule is Cc1ccc2c(c1)nc(-c1cc(Br)ccc1Cl)n2C. The predicted octanol–water partition coefficient (Wildman–Crippen LogP) is 4.96. The zero-order valence-electron chi connectivity index (χ0n) is 10.6. The molecule has 0 aliphatic heterocycles. The van der Waals surface area contributed by atoms with Gasteiger partial charge in [-0.15, -0.1) is 0 Å². The average molecular weight is 336 g/mol. The van der Waals surface area contributed by atoms with Gasteiger partial charge in [-0.3, -0.25) is 0 Å². The zero-order chi connectivity index (χ0) is 13.6. The number of benzene rings is 2. The van der Waals surface area contributed by atoms with Gasteiger partial charge in [0, 0.05) is 17.1 Å². The Kier molecular flexibility index (Phi) is 3.11. The van der Waals surface area contributed by atoms with Gasteiger partial charge >= 0.3 is 0 Å². The maximum atomic E-state index is 6.29. The van der Waals surface area contributed by atoms with E-state index in [-0.39, 0.29) is 0 Å². The molecule has 0 amide bonds. The fourth-order valence-corrected chi connectivity index (χ4v) is 2.78. The fourth-order valence-electron chi connectivity index (χ4n) is 2.22. The van der Waals surface area contributed by atoms with Crippen molar-refractivity contribution in [2.24, 2.45) is 7.05 Å². The van der Waals surface area contributed by atoms with E-state index in [4.69, 9.17) is 16.6 Å². The van der Waals surface area contributed by atoms with Crippen LogP contribution in [-0.4, -0.2) is 9.55 Å². The predicted molar refractivity (Wildman–Crippen MR) is 83.6 cm³/mol. The molecule has 3 aromatic rings. The van der Waals surface area contributed by atoms with E-state index in [1.807, 2.05) is 25.2 Å². The number of hydrogen-bond acceptors (Lipinski definition) is 1. The van der Waals surface area contributed by atoms with Crippen LogP contribution in [0, 0.1) is 6.92 Å². The molecule has 0 radical (unpaired) electrons. The van der Waals surface area contributed by atoms with Gasteiger partial charge in [0.25, 0.3) is 0 Å². The van der Waals surface area contributed by atoms with Crippen LogP contribution in [-0.2, 0) is 7.05 Å². The second-order valence-corrected chi connectivity index (χ2v) is 5.93. The molecule has 0 atom stereocenters. The van der Waals surface area contributed by atoms with Gasteiger partial charge in [-0.2, -0.15) is 0 Å². The first kappa shape index (κ1) is 12.7. The first-order valence-corrected chi connectivity index (χ1v) is 7.12. The first-order chi connectivity index (χ1) is 9.06. The number of aromatic nitrogens is 2. The number of halogens is 2. The zero-order valence-corrected chi connectivity index (χ0v) is 13.0. The van der Waals surface area contributed by atoms with Gasteiger partial charge in [0.2, 0.25) is 0 Å². The van der Waals surface area contributed by atoms with Crippen LogP contribution in [0.15, 0.2) is 40.9 Å². The molecule has 0 aliphatic rings. The van der Waals surface area contributed by atoms with E-state index in [9.17, 15) is 0 Å². The minimum atomic E-state index is 0.707. The molecular formula is C15H12BrClN2. The van der Waals surface area contributed by atoms with Crippen molar-refractivity contribution in [2.75, 3.05) is 0 Å². The number of imidazole rings is 1. The number of hydrogen-bond donors (Lipinski definition) is 0.